The molecule has 0 amide bonds. The minimum Gasteiger partial charge on any atom is -0.368 e. The fourth-order valence-corrected chi connectivity index (χ4v) is 0.456. The van der Waals surface area contributed by atoms with E-state index in [0.717, 1.165) is 0 Å². The maximum Gasteiger partial charge on any atom is 0.151 e. The number of hydrogen-bond acceptors (Lipinski definition) is 3. The van der Waals surface area contributed by atoms with E-state index in [0.29, 0.717) is 13.0 Å². The van der Waals surface area contributed by atoms with E-state index in [-0.39, 0.29) is 5.92 Å². The summed E-state index contributed by atoms with van der Waals surface area (Å²) >= 11 is 0. The summed E-state index contributed by atoms with van der Waals surface area (Å²) in [5.74, 6) is 0.204. The maximum absolute atomic E-state index is 8.35. The van der Waals surface area contributed by atoms with E-state index in [1.807, 2.05) is 6.92 Å². The van der Waals surface area contributed by atoms with Crippen LogP contribution in [0.5, 0.6) is 0 Å². The van der Waals surface area contributed by atoms with Gasteiger partial charge >= 0.3 is 0 Å². The minimum atomic E-state index is -1.20. The molecule has 0 heterocycles. The van der Waals surface area contributed by atoms with Crippen LogP contribution < -0.4 is 5.73 Å². The summed E-state index contributed by atoms with van der Waals surface area (Å²) in [6.07, 6.45) is -0.829. The van der Waals surface area contributed by atoms with Crippen molar-refractivity contribution in [3.63, 3.8) is 0 Å². The van der Waals surface area contributed by atoms with Gasteiger partial charge in [-0.25, -0.2) is 0 Å². The zero-order valence-electron chi connectivity index (χ0n) is 5.04. The van der Waals surface area contributed by atoms with E-state index in [9.17, 15) is 0 Å². The van der Waals surface area contributed by atoms with Crippen molar-refractivity contribution in [2.45, 2.75) is 19.6 Å². The Morgan fingerprint density at radius 1 is 1.50 bits per heavy atom. The topological polar surface area (TPSA) is 66.5 Å². The van der Waals surface area contributed by atoms with E-state index in [1.54, 1.807) is 0 Å². The van der Waals surface area contributed by atoms with Gasteiger partial charge in [0, 0.05) is 6.42 Å². The summed E-state index contributed by atoms with van der Waals surface area (Å²) in [5.41, 5.74) is 5.20. The van der Waals surface area contributed by atoms with E-state index < -0.39 is 6.29 Å². The third-order valence-electron chi connectivity index (χ3n) is 1.02. The Kier molecular flexibility index (Phi) is 3.77. The van der Waals surface area contributed by atoms with E-state index in [2.05, 4.69) is 0 Å². The van der Waals surface area contributed by atoms with Crippen LogP contribution in [-0.4, -0.2) is 23.0 Å². The smallest absolute Gasteiger partial charge is 0.151 e. The van der Waals surface area contributed by atoms with Crippen LogP contribution in [0, 0.1) is 5.92 Å². The van der Waals surface area contributed by atoms with Crippen molar-refractivity contribution >= 4 is 0 Å². The highest BCUT2D eigenvalue weighted by molar-refractivity contribution is 4.52. The summed E-state index contributed by atoms with van der Waals surface area (Å²) < 4.78 is 0. The fourth-order valence-electron chi connectivity index (χ4n) is 0.456. The average molecular weight is 119 g/mol. The van der Waals surface area contributed by atoms with Crippen molar-refractivity contribution in [3.8, 4) is 0 Å². The molecule has 8 heavy (non-hydrogen) atoms. The second kappa shape index (κ2) is 3.83. The first kappa shape index (κ1) is 7.88. The molecule has 50 valence electrons. The van der Waals surface area contributed by atoms with Gasteiger partial charge in [0.05, 0.1) is 0 Å². The van der Waals surface area contributed by atoms with Crippen LogP contribution in [0.1, 0.15) is 13.3 Å². The van der Waals surface area contributed by atoms with Crippen LogP contribution in [0.15, 0.2) is 0 Å². The summed E-state index contributed by atoms with van der Waals surface area (Å²) in [4.78, 5) is 0. The summed E-state index contributed by atoms with van der Waals surface area (Å²) in [6.45, 7) is 2.39. The number of hydrogen-bond donors (Lipinski definition) is 3. The molecule has 0 fully saturated rings. The van der Waals surface area contributed by atoms with Gasteiger partial charge < -0.3 is 15.9 Å². The molecular weight excluding hydrogens is 106 g/mol. The second-order valence-electron chi connectivity index (χ2n) is 2.06. The van der Waals surface area contributed by atoms with Crippen LogP contribution >= 0.6 is 0 Å². The Bertz CT molecular complexity index is 56.4. The molecule has 0 saturated carbocycles. The lowest BCUT2D eigenvalue weighted by atomic mass is 10.1. The average Bonchev–Trinajstić information content (AvgIpc) is 1.65. The van der Waals surface area contributed by atoms with Gasteiger partial charge in [0.15, 0.2) is 6.29 Å². The fraction of sp³-hybridized carbons (Fsp3) is 1.00. The maximum atomic E-state index is 8.35. The molecule has 3 heteroatoms. The highest BCUT2D eigenvalue weighted by Crippen LogP contribution is 2.00. The molecular formula is C5H13NO2. The minimum absolute atomic E-state index is 0.204. The van der Waals surface area contributed by atoms with Crippen LogP contribution in [0.25, 0.3) is 0 Å². The SMILES string of the molecule is CC(CN)CC(O)O. The summed E-state index contributed by atoms with van der Waals surface area (Å²) in [7, 11) is 0. The van der Waals surface area contributed by atoms with Crippen molar-refractivity contribution in [1.29, 1.82) is 0 Å². The molecule has 0 saturated heterocycles. The predicted octanol–water partition coefficient (Wildman–Crippen LogP) is -0.718. The highest BCUT2D eigenvalue weighted by Gasteiger charge is 2.03. The Balaban J connectivity index is 3.10. The van der Waals surface area contributed by atoms with Crippen molar-refractivity contribution < 1.29 is 10.2 Å². The van der Waals surface area contributed by atoms with Gasteiger partial charge in [0.1, 0.15) is 0 Å². The molecule has 0 aromatic rings. The normalized spacial score (nSPS) is 14.6. The van der Waals surface area contributed by atoms with Crippen molar-refractivity contribution in [1.82, 2.24) is 0 Å². The third kappa shape index (κ3) is 4.05. The number of nitrogens with two attached hydrogens (primary N) is 1. The summed E-state index contributed by atoms with van der Waals surface area (Å²) in [6, 6.07) is 0. The first-order chi connectivity index (χ1) is 3.66. The molecule has 3 nitrogen and oxygen atoms in total. The van der Waals surface area contributed by atoms with Crippen LogP contribution in [-0.2, 0) is 0 Å². The van der Waals surface area contributed by atoms with Gasteiger partial charge in [0.2, 0.25) is 0 Å². The van der Waals surface area contributed by atoms with Crippen LogP contribution in [0.4, 0.5) is 0 Å². The summed E-state index contributed by atoms with van der Waals surface area (Å²) in [5, 5.41) is 16.7. The Labute approximate surface area is 49.1 Å². The number of rotatable bonds is 3. The van der Waals surface area contributed by atoms with Gasteiger partial charge in [-0.2, -0.15) is 0 Å². The van der Waals surface area contributed by atoms with Crippen molar-refractivity contribution in [2.75, 3.05) is 6.54 Å². The third-order valence-corrected chi connectivity index (χ3v) is 1.02. The zero-order chi connectivity index (χ0) is 6.57. The van der Waals surface area contributed by atoms with Crippen LogP contribution in [0.3, 0.4) is 0 Å². The van der Waals surface area contributed by atoms with E-state index in [1.165, 1.54) is 0 Å². The molecule has 0 aromatic heterocycles. The quantitative estimate of drug-likeness (QED) is 0.430. The molecule has 0 spiro atoms. The molecule has 1 unspecified atom stereocenters. The number of aliphatic hydroxyl groups is 2. The molecule has 0 aliphatic rings. The number of aliphatic hydroxyl groups excluding tert-OH is 1. The first-order valence-corrected chi connectivity index (χ1v) is 2.73. The largest absolute Gasteiger partial charge is 0.368 e. The lowest BCUT2D eigenvalue weighted by molar-refractivity contribution is -0.0537. The molecule has 0 aromatic carbocycles. The molecule has 0 bridgehead atoms. The predicted molar refractivity (Wildman–Crippen MR) is 31.1 cm³/mol. The lowest BCUT2D eigenvalue weighted by Gasteiger charge is -2.07. The van der Waals surface area contributed by atoms with Gasteiger partial charge in [0.25, 0.3) is 0 Å². The molecule has 0 rings (SSSR count). The van der Waals surface area contributed by atoms with E-state index >= 15 is 0 Å². The Morgan fingerprint density at radius 2 is 2.00 bits per heavy atom. The van der Waals surface area contributed by atoms with Gasteiger partial charge in [-0.1, -0.05) is 6.92 Å². The van der Waals surface area contributed by atoms with Crippen LogP contribution in [0.2, 0.25) is 0 Å². The molecule has 0 aliphatic heterocycles. The Morgan fingerprint density at radius 3 is 2.12 bits per heavy atom. The second-order valence-corrected chi connectivity index (χ2v) is 2.06. The van der Waals surface area contributed by atoms with Crippen molar-refractivity contribution in [3.05, 3.63) is 0 Å². The highest BCUT2D eigenvalue weighted by atomic mass is 16.5. The first-order valence-electron chi connectivity index (χ1n) is 2.73. The molecule has 0 aliphatic carbocycles. The molecule has 0 radical (unpaired) electrons. The Hall–Kier alpha value is -0.120. The van der Waals surface area contributed by atoms with Gasteiger partial charge in [-0.3, -0.25) is 0 Å². The molecule has 1 atom stereocenters. The zero-order valence-corrected chi connectivity index (χ0v) is 5.04. The standard InChI is InChI=1S/C5H13NO2/c1-4(3-6)2-5(7)8/h4-5,7-8H,2-3,6H2,1H3. The van der Waals surface area contributed by atoms with Crippen molar-refractivity contribution in [2.24, 2.45) is 11.7 Å². The van der Waals surface area contributed by atoms with Gasteiger partial charge in [-0.15, -0.1) is 0 Å². The lowest BCUT2D eigenvalue weighted by Crippen LogP contribution is -2.17. The van der Waals surface area contributed by atoms with Gasteiger partial charge in [-0.05, 0) is 12.5 Å². The monoisotopic (exact) mass is 119 g/mol. The van der Waals surface area contributed by atoms with E-state index in [4.69, 9.17) is 15.9 Å². The molecule has 4 N–H and O–H groups in total.